The number of rotatable bonds is 9. The highest BCUT2D eigenvalue weighted by molar-refractivity contribution is 7.89. The molecule has 1 amide bonds. The van der Waals surface area contributed by atoms with Gasteiger partial charge in [-0.25, -0.2) is 17.9 Å². The van der Waals surface area contributed by atoms with Gasteiger partial charge in [0.15, 0.2) is 5.78 Å². The summed E-state index contributed by atoms with van der Waals surface area (Å²) in [5.41, 5.74) is 0.916. The molecule has 2 rings (SSSR count). The smallest absolute Gasteiger partial charge is 0.238 e. The van der Waals surface area contributed by atoms with Gasteiger partial charge in [0.1, 0.15) is 5.82 Å². The summed E-state index contributed by atoms with van der Waals surface area (Å²) >= 11 is 0. The number of carbonyl (C=O) groups is 2. The molecule has 27 heavy (non-hydrogen) atoms. The third-order valence-corrected chi connectivity index (χ3v) is 4.90. The van der Waals surface area contributed by atoms with Gasteiger partial charge in [-0.3, -0.25) is 9.59 Å². The van der Waals surface area contributed by atoms with E-state index in [0.29, 0.717) is 19.4 Å². The molecule has 144 valence electrons. The molecular weight excluding hydrogens is 371 g/mol. The molecule has 6 nitrogen and oxygen atoms in total. The summed E-state index contributed by atoms with van der Waals surface area (Å²) in [6.45, 7) is 0.420. The van der Waals surface area contributed by atoms with Crippen molar-refractivity contribution in [2.75, 3.05) is 6.54 Å². The van der Waals surface area contributed by atoms with E-state index in [-0.39, 0.29) is 29.2 Å². The molecule has 0 heterocycles. The number of hydrogen-bond donors (Lipinski definition) is 2. The monoisotopic (exact) mass is 392 g/mol. The zero-order chi connectivity index (χ0) is 19.9. The predicted molar refractivity (Wildman–Crippen MR) is 99.1 cm³/mol. The van der Waals surface area contributed by atoms with E-state index in [1.807, 2.05) is 0 Å². The number of hydrogen-bond acceptors (Lipinski definition) is 4. The third-order valence-electron chi connectivity index (χ3n) is 3.97. The summed E-state index contributed by atoms with van der Waals surface area (Å²) in [4.78, 5) is 23.8. The number of nitrogens with one attached hydrogen (secondary N) is 1. The average Bonchev–Trinajstić information content (AvgIpc) is 2.63. The van der Waals surface area contributed by atoms with Gasteiger partial charge >= 0.3 is 0 Å². The fourth-order valence-corrected chi connectivity index (χ4v) is 3.02. The highest BCUT2D eigenvalue weighted by Gasteiger charge is 2.12. The first-order valence-electron chi connectivity index (χ1n) is 8.43. The second kappa shape index (κ2) is 9.38. The first-order valence-corrected chi connectivity index (χ1v) is 9.98. The molecule has 3 N–H and O–H groups in total. The number of ketones is 1. The topological polar surface area (TPSA) is 106 Å². The second-order valence-corrected chi connectivity index (χ2v) is 7.61. The van der Waals surface area contributed by atoms with E-state index in [1.54, 1.807) is 18.2 Å². The molecule has 0 unspecified atom stereocenters. The summed E-state index contributed by atoms with van der Waals surface area (Å²) in [6, 6.07) is 11.9. The fraction of sp³-hybridized carbons (Fsp3) is 0.263. The largest absolute Gasteiger partial charge is 0.356 e. The SMILES string of the molecule is NS(=O)(=O)c1ccc(CCCNC(=O)CCC(=O)c2ccccc2F)cc1. The van der Waals surface area contributed by atoms with Crippen LogP contribution >= 0.6 is 0 Å². The van der Waals surface area contributed by atoms with E-state index in [2.05, 4.69) is 5.32 Å². The number of Topliss-reactive ketones (excluding diaryl/α,β-unsaturated/α-hetero) is 1. The molecule has 0 saturated carbocycles. The van der Waals surface area contributed by atoms with Crippen molar-refractivity contribution in [3.05, 3.63) is 65.5 Å². The lowest BCUT2D eigenvalue weighted by molar-refractivity contribution is -0.121. The minimum absolute atomic E-state index is 0.00375. The Hall–Kier alpha value is -2.58. The summed E-state index contributed by atoms with van der Waals surface area (Å²) in [5.74, 6) is -1.26. The maximum atomic E-state index is 13.5. The Balaban J connectivity index is 1.69. The maximum absolute atomic E-state index is 13.5. The van der Waals surface area contributed by atoms with E-state index in [4.69, 9.17) is 5.14 Å². The van der Waals surface area contributed by atoms with Crippen LogP contribution < -0.4 is 10.5 Å². The number of aryl methyl sites for hydroxylation is 1. The molecule has 0 radical (unpaired) electrons. The summed E-state index contributed by atoms with van der Waals surface area (Å²) in [5, 5.41) is 7.75. The van der Waals surface area contributed by atoms with Crippen LogP contribution in [0.1, 0.15) is 35.2 Å². The van der Waals surface area contributed by atoms with Gasteiger partial charge in [-0.1, -0.05) is 24.3 Å². The first kappa shape index (κ1) is 20.7. The lowest BCUT2D eigenvalue weighted by Crippen LogP contribution is -2.25. The van der Waals surface area contributed by atoms with Gasteiger partial charge in [-0.05, 0) is 42.7 Å². The number of benzene rings is 2. The van der Waals surface area contributed by atoms with Crippen LogP contribution in [0.3, 0.4) is 0 Å². The Bertz CT molecular complexity index is 912. The summed E-state index contributed by atoms with van der Waals surface area (Å²) in [7, 11) is -3.70. The maximum Gasteiger partial charge on any atom is 0.238 e. The van der Waals surface area contributed by atoms with E-state index in [1.165, 1.54) is 30.3 Å². The van der Waals surface area contributed by atoms with Gasteiger partial charge in [-0.15, -0.1) is 0 Å². The number of nitrogens with two attached hydrogens (primary N) is 1. The Morgan fingerprint density at radius 2 is 1.67 bits per heavy atom. The van der Waals surface area contributed by atoms with Crippen LogP contribution in [0, 0.1) is 5.82 Å². The molecule has 0 aliphatic rings. The molecule has 2 aromatic rings. The van der Waals surface area contributed by atoms with Gasteiger partial charge in [0.05, 0.1) is 10.5 Å². The van der Waals surface area contributed by atoms with Crippen molar-refractivity contribution in [1.29, 1.82) is 0 Å². The van der Waals surface area contributed by atoms with Gasteiger partial charge in [0.25, 0.3) is 0 Å². The van der Waals surface area contributed by atoms with Crippen LogP contribution in [-0.2, 0) is 21.2 Å². The lowest BCUT2D eigenvalue weighted by atomic mass is 10.1. The zero-order valence-corrected chi connectivity index (χ0v) is 15.5. The number of amides is 1. The molecule has 2 aromatic carbocycles. The van der Waals surface area contributed by atoms with Crippen LogP contribution in [0.25, 0.3) is 0 Å². The van der Waals surface area contributed by atoms with Crippen LogP contribution in [0.5, 0.6) is 0 Å². The molecule has 0 bridgehead atoms. The highest BCUT2D eigenvalue weighted by Crippen LogP contribution is 2.11. The van der Waals surface area contributed by atoms with Crippen LogP contribution in [0.4, 0.5) is 4.39 Å². The standard InChI is InChI=1S/C19H21FN2O4S/c20-17-6-2-1-5-16(17)18(23)11-12-19(24)22-13-3-4-14-7-9-15(10-8-14)27(21,25)26/h1-2,5-10H,3-4,11-13H2,(H,22,24)(H2,21,25,26). The van der Waals surface area contributed by atoms with Crippen molar-refractivity contribution in [2.45, 2.75) is 30.6 Å². The Kier molecular flexibility index (Phi) is 7.20. The zero-order valence-electron chi connectivity index (χ0n) is 14.7. The molecule has 0 atom stereocenters. The summed E-state index contributed by atoms with van der Waals surface area (Å²) in [6.07, 6.45) is 1.25. The summed E-state index contributed by atoms with van der Waals surface area (Å²) < 4.78 is 35.9. The van der Waals surface area contributed by atoms with Crippen LogP contribution in [-0.4, -0.2) is 26.7 Å². The lowest BCUT2D eigenvalue weighted by Gasteiger charge is -2.06. The quantitative estimate of drug-likeness (QED) is 0.504. The van der Waals surface area contributed by atoms with E-state index in [0.717, 1.165) is 5.56 Å². The van der Waals surface area contributed by atoms with E-state index in [9.17, 15) is 22.4 Å². The molecule has 0 saturated heterocycles. The van der Waals surface area contributed by atoms with E-state index >= 15 is 0 Å². The van der Waals surface area contributed by atoms with Crippen molar-refractivity contribution in [2.24, 2.45) is 5.14 Å². The molecule has 0 spiro atoms. The Morgan fingerprint density at radius 3 is 2.30 bits per heavy atom. The van der Waals surface area contributed by atoms with Gasteiger partial charge in [0, 0.05) is 19.4 Å². The Labute approximate surface area is 157 Å². The second-order valence-electron chi connectivity index (χ2n) is 6.05. The Morgan fingerprint density at radius 1 is 1.00 bits per heavy atom. The van der Waals surface area contributed by atoms with E-state index < -0.39 is 21.6 Å². The van der Waals surface area contributed by atoms with Crippen molar-refractivity contribution >= 4 is 21.7 Å². The number of halogens is 1. The molecule has 0 fully saturated rings. The van der Waals surface area contributed by atoms with Crippen LogP contribution in [0.15, 0.2) is 53.4 Å². The minimum Gasteiger partial charge on any atom is -0.356 e. The highest BCUT2D eigenvalue weighted by atomic mass is 32.2. The van der Waals surface area contributed by atoms with Crippen molar-refractivity contribution in [3.8, 4) is 0 Å². The number of primary sulfonamides is 1. The average molecular weight is 392 g/mol. The third kappa shape index (κ3) is 6.58. The molecule has 8 heteroatoms. The fourth-order valence-electron chi connectivity index (χ4n) is 2.50. The van der Waals surface area contributed by atoms with Crippen LogP contribution in [0.2, 0.25) is 0 Å². The predicted octanol–water partition coefficient (Wildman–Crippen LogP) is 2.18. The molecule has 0 aliphatic carbocycles. The number of sulfonamides is 1. The molecule has 0 aromatic heterocycles. The molecule has 0 aliphatic heterocycles. The van der Waals surface area contributed by atoms with Crippen molar-refractivity contribution < 1.29 is 22.4 Å². The van der Waals surface area contributed by atoms with Gasteiger partial charge in [0.2, 0.25) is 15.9 Å². The minimum atomic E-state index is -3.70. The first-order chi connectivity index (χ1) is 12.8. The van der Waals surface area contributed by atoms with Crippen molar-refractivity contribution in [3.63, 3.8) is 0 Å². The number of carbonyl (C=O) groups excluding carboxylic acids is 2. The van der Waals surface area contributed by atoms with Crippen molar-refractivity contribution in [1.82, 2.24) is 5.32 Å². The molecular formula is C19H21FN2O4S. The van der Waals surface area contributed by atoms with Gasteiger partial charge in [-0.2, -0.15) is 0 Å². The van der Waals surface area contributed by atoms with Gasteiger partial charge < -0.3 is 5.32 Å². The normalized spacial score (nSPS) is 11.2.